The lowest BCUT2D eigenvalue weighted by Gasteiger charge is -2.32. The first-order valence-corrected chi connectivity index (χ1v) is 8.73. The molecule has 27 heavy (non-hydrogen) atoms. The average Bonchev–Trinajstić information content (AvgIpc) is 3.06. The van der Waals surface area contributed by atoms with Gasteiger partial charge in [-0.3, -0.25) is 4.79 Å². The van der Waals surface area contributed by atoms with Crippen LogP contribution in [0.15, 0.2) is 24.7 Å². The Morgan fingerprint density at radius 2 is 2.04 bits per heavy atom. The monoisotopic (exact) mass is 382 g/mol. The van der Waals surface area contributed by atoms with Crippen LogP contribution in [0.2, 0.25) is 0 Å². The van der Waals surface area contributed by atoms with Crippen LogP contribution in [-0.2, 0) is 24.4 Å². The van der Waals surface area contributed by atoms with Crippen molar-refractivity contribution in [2.24, 2.45) is 13.0 Å². The first kappa shape index (κ1) is 19.1. The number of halogens is 3. The van der Waals surface area contributed by atoms with Gasteiger partial charge in [-0.25, -0.2) is 4.98 Å². The fourth-order valence-electron chi connectivity index (χ4n) is 3.09. The highest BCUT2D eigenvalue weighted by atomic mass is 19.4. The molecule has 0 atom stereocenters. The predicted octanol–water partition coefficient (Wildman–Crippen LogP) is 1.80. The molecule has 1 aliphatic heterocycles. The number of piperidine rings is 1. The molecule has 3 rings (SSSR count). The van der Waals surface area contributed by atoms with Crippen molar-refractivity contribution in [3.05, 3.63) is 36.0 Å². The van der Waals surface area contributed by atoms with E-state index in [2.05, 4.69) is 20.5 Å². The Morgan fingerprint density at radius 1 is 1.30 bits per heavy atom. The number of amides is 1. The van der Waals surface area contributed by atoms with Crippen molar-refractivity contribution in [1.29, 1.82) is 0 Å². The van der Waals surface area contributed by atoms with Gasteiger partial charge in [0.25, 0.3) is 0 Å². The standard InChI is InChI=1S/C17H21F3N6O/c1-25-11-23-24-15(25)4-7-21-16(27)12-5-8-26(9-6-12)14-3-2-13(10-22-14)17(18,19)20/h2-3,10-12H,4-9H2,1H3,(H,21,27). The SMILES string of the molecule is Cn1cnnc1CCNC(=O)C1CCN(c2ccc(C(F)(F)F)cn2)CC1. The highest BCUT2D eigenvalue weighted by Gasteiger charge is 2.31. The van der Waals surface area contributed by atoms with Crippen LogP contribution in [0.1, 0.15) is 24.2 Å². The number of aryl methyl sites for hydroxylation is 1. The topological polar surface area (TPSA) is 75.9 Å². The van der Waals surface area contributed by atoms with E-state index in [9.17, 15) is 18.0 Å². The lowest BCUT2D eigenvalue weighted by atomic mass is 9.96. The van der Waals surface area contributed by atoms with Gasteiger partial charge in [-0.05, 0) is 25.0 Å². The van der Waals surface area contributed by atoms with Crippen LogP contribution in [0.4, 0.5) is 19.0 Å². The molecule has 0 radical (unpaired) electrons. The van der Waals surface area contributed by atoms with Crippen molar-refractivity contribution in [2.45, 2.75) is 25.4 Å². The third-order valence-corrected chi connectivity index (χ3v) is 4.72. The number of rotatable bonds is 5. The Balaban J connectivity index is 1.45. The fourth-order valence-corrected chi connectivity index (χ4v) is 3.09. The molecule has 2 aromatic rings. The van der Waals surface area contributed by atoms with Crippen molar-refractivity contribution in [2.75, 3.05) is 24.5 Å². The van der Waals surface area contributed by atoms with Gasteiger partial charge in [0.2, 0.25) is 5.91 Å². The van der Waals surface area contributed by atoms with Gasteiger partial charge in [-0.1, -0.05) is 0 Å². The molecule has 1 amide bonds. The number of aromatic nitrogens is 4. The Morgan fingerprint density at radius 3 is 2.59 bits per heavy atom. The highest BCUT2D eigenvalue weighted by Crippen LogP contribution is 2.30. The number of hydrogen-bond acceptors (Lipinski definition) is 5. The molecule has 0 spiro atoms. The van der Waals surface area contributed by atoms with Gasteiger partial charge < -0.3 is 14.8 Å². The predicted molar refractivity (Wildman–Crippen MR) is 91.9 cm³/mol. The summed E-state index contributed by atoms with van der Waals surface area (Å²) < 4.78 is 39.6. The number of carbonyl (C=O) groups excluding carboxylic acids is 1. The molecular weight excluding hydrogens is 361 g/mol. The van der Waals surface area contributed by atoms with Crippen LogP contribution >= 0.6 is 0 Å². The summed E-state index contributed by atoms with van der Waals surface area (Å²) in [4.78, 5) is 18.1. The largest absolute Gasteiger partial charge is 0.417 e. The van der Waals surface area contributed by atoms with Crippen LogP contribution in [0.3, 0.4) is 0 Å². The Bertz CT molecular complexity index is 766. The number of nitrogens with zero attached hydrogens (tertiary/aromatic N) is 5. The second kappa shape index (κ2) is 7.93. The number of alkyl halides is 3. The van der Waals surface area contributed by atoms with Crippen molar-refractivity contribution < 1.29 is 18.0 Å². The lowest BCUT2D eigenvalue weighted by Crippen LogP contribution is -2.41. The molecule has 0 aromatic carbocycles. The number of pyridine rings is 1. The maximum Gasteiger partial charge on any atom is 0.417 e. The first-order valence-electron chi connectivity index (χ1n) is 8.73. The molecule has 0 aliphatic carbocycles. The van der Waals surface area contributed by atoms with E-state index in [0.717, 1.165) is 18.1 Å². The second-order valence-corrected chi connectivity index (χ2v) is 6.56. The van der Waals surface area contributed by atoms with Gasteiger partial charge in [0.05, 0.1) is 5.56 Å². The molecule has 10 heteroatoms. The molecule has 7 nitrogen and oxygen atoms in total. The molecule has 1 aliphatic rings. The van der Waals surface area contributed by atoms with E-state index in [0.29, 0.717) is 44.7 Å². The average molecular weight is 382 g/mol. The third kappa shape index (κ3) is 4.75. The van der Waals surface area contributed by atoms with Gasteiger partial charge in [-0.15, -0.1) is 10.2 Å². The Hall–Kier alpha value is -2.65. The zero-order valence-corrected chi connectivity index (χ0v) is 14.9. The lowest BCUT2D eigenvalue weighted by molar-refractivity contribution is -0.137. The number of hydrogen-bond donors (Lipinski definition) is 1. The summed E-state index contributed by atoms with van der Waals surface area (Å²) in [5.41, 5.74) is -0.761. The minimum atomic E-state index is -4.39. The summed E-state index contributed by atoms with van der Waals surface area (Å²) in [6.07, 6.45) is -0.0437. The van der Waals surface area contributed by atoms with Crippen molar-refractivity contribution in [1.82, 2.24) is 25.1 Å². The second-order valence-electron chi connectivity index (χ2n) is 6.56. The Labute approximate surface area is 154 Å². The van der Waals surface area contributed by atoms with E-state index in [-0.39, 0.29) is 11.8 Å². The molecular formula is C17H21F3N6O. The zero-order valence-electron chi connectivity index (χ0n) is 14.9. The maximum atomic E-state index is 12.6. The van der Waals surface area contributed by atoms with Crippen LogP contribution < -0.4 is 10.2 Å². The number of carbonyl (C=O) groups is 1. The number of anilines is 1. The highest BCUT2D eigenvalue weighted by molar-refractivity contribution is 5.78. The number of nitrogens with one attached hydrogen (secondary N) is 1. The minimum absolute atomic E-state index is 0.00260. The molecule has 3 heterocycles. The van der Waals surface area contributed by atoms with Gasteiger partial charge in [0.15, 0.2) is 0 Å². The van der Waals surface area contributed by atoms with Crippen LogP contribution in [0.25, 0.3) is 0 Å². The third-order valence-electron chi connectivity index (χ3n) is 4.72. The molecule has 1 saturated heterocycles. The molecule has 0 saturated carbocycles. The van der Waals surface area contributed by atoms with Gasteiger partial charge in [-0.2, -0.15) is 13.2 Å². The first-order chi connectivity index (χ1) is 12.8. The fraction of sp³-hybridized carbons (Fsp3) is 0.529. The Kier molecular flexibility index (Phi) is 5.62. The molecule has 1 N–H and O–H groups in total. The maximum absolute atomic E-state index is 12.6. The molecule has 146 valence electrons. The summed E-state index contributed by atoms with van der Waals surface area (Å²) in [5, 5.41) is 10.7. The molecule has 0 unspecified atom stereocenters. The molecule has 2 aromatic heterocycles. The van der Waals surface area contributed by atoms with Gasteiger partial charge >= 0.3 is 6.18 Å². The van der Waals surface area contributed by atoms with Crippen LogP contribution in [0, 0.1) is 5.92 Å². The van der Waals surface area contributed by atoms with E-state index in [1.807, 2.05) is 16.5 Å². The van der Waals surface area contributed by atoms with E-state index in [1.165, 1.54) is 6.07 Å². The van der Waals surface area contributed by atoms with E-state index >= 15 is 0 Å². The normalized spacial score (nSPS) is 15.8. The zero-order chi connectivity index (χ0) is 19.4. The summed E-state index contributed by atoms with van der Waals surface area (Å²) >= 11 is 0. The van der Waals surface area contributed by atoms with Gasteiger partial charge in [0.1, 0.15) is 18.0 Å². The van der Waals surface area contributed by atoms with Crippen LogP contribution in [-0.4, -0.2) is 45.3 Å². The van der Waals surface area contributed by atoms with E-state index in [4.69, 9.17) is 0 Å². The smallest absolute Gasteiger partial charge is 0.357 e. The molecule has 1 fully saturated rings. The minimum Gasteiger partial charge on any atom is -0.357 e. The summed E-state index contributed by atoms with van der Waals surface area (Å²) in [7, 11) is 1.85. The van der Waals surface area contributed by atoms with Crippen LogP contribution in [0.5, 0.6) is 0 Å². The summed E-state index contributed by atoms with van der Waals surface area (Å²) in [6.45, 7) is 1.66. The quantitative estimate of drug-likeness (QED) is 0.854. The summed E-state index contributed by atoms with van der Waals surface area (Å²) in [6, 6.07) is 2.41. The molecule has 0 bridgehead atoms. The van der Waals surface area contributed by atoms with E-state index < -0.39 is 11.7 Å². The van der Waals surface area contributed by atoms with Gasteiger partial charge in [0, 0.05) is 45.2 Å². The van der Waals surface area contributed by atoms with Crippen molar-refractivity contribution in [3.63, 3.8) is 0 Å². The van der Waals surface area contributed by atoms with Crippen molar-refractivity contribution in [3.8, 4) is 0 Å². The van der Waals surface area contributed by atoms with E-state index in [1.54, 1.807) is 6.33 Å². The van der Waals surface area contributed by atoms with Crippen molar-refractivity contribution >= 4 is 11.7 Å². The summed E-state index contributed by atoms with van der Waals surface area (Å²) in [5.74, 6) is 1.20.